The molecule has 2 aromatic carbocycles. The predicted molar refractivity (Wildman–Crippen MR) is 112 cm³/mol. The van der Waals surface area contributed by atoms with Crippen LogP contribution in [0.5, 0.6) is 0 Å². The third-order valence-electron chi connectivity index (χ3n) is 5.53. The zero-order valence-electron chi connectivity index (χ0n) is 16.6. The van der Waals surface area contributed by atoms with Gasteiger partial charge in [-0.3, -0.25) is 9.78 Å². The summed E-state index contributed by atoms with van der Waals surface area (Å²) in [5.41, 5.74) is 1.34. The van der Waals surface area contributed by atoms with Crippen molar-refractivity contribution in [2.24, 2.45) is 0 Å². The molecule has 1 amide bonds. The summed E-state index contributed by atoms with van der Waals surface area (Å²) in [6.07, 6.45) is -0.338. The summed E-state index contributed by atoms with van der Waals surface area (Å²) in [5.74, 6) is -0.165. The summed E-state index contributed by atoms with van der Waals surface area (Å²) in [6, 6.07) is 12.1. The molecular weight excluding hydrogens is 407 g/mol. The minimum absolute atomic E-state index is 0.0680. The van der Waals surface area contributed by atoms with Crippen molar-refractivity contribution in [3.63, 3.8) is 0 Å². The fourth-order valence-corrected chi connectivity index (χ4v) is 3.78. The van der Waals surface area contributed by atoms with Crippen LogP contribution in [0.15, 0.2) is 54.7 Å². The second-order valence-corrected chi connectivity index (χ2v) is 7.77. The maximum atomic E-state index is 12.9. The van der Waals surface area contributed by atoms with Gasteiger partial charge in [-0.2, -0.15) is 13.2 Å². The highest BCUT2D eigenvalue weighted by Crippen LogP contribution is 2.33. The van der Waals surface area contributed by atoms with Crippen molar-refractivity contribution >= 4 is 28.2 Å². The SMILES string of the molecule is O=C(NC1CCC(O)CC1)c1ccc(Nc2ccnc3cc(C(F)(F)F)ccc23)cc1. The van der Waals surface area contributed by atoms with Crippen LogP contribution in [0.2, 0.25) is 0 Å². The lowest BCUT2D eigenvalue weighted by molar-refractivity contribution is -0.137. The first-order valence-electron chi connectivity index (χ1n) is 10.1. The molecule has 1 aromatic heterocycles. The lowest BCUT2D eigenvalue weighted by Gasteiger charge is -2.26. The van der Waals surface area contributed by atoms with E-state index in [4.69, 9.17) is 0 Å². The molecular formula is C23H22F3N3O2. The molecule has 3 aromatic rings. The highest BCUT2D eigenvalue weighted by molar-refractivity contribution is 5.96. The number of rotatable bonds is 4. The molecule has 1 fully saturated rings. The van der Waals surface area contributed by atoms with E-state index in [0.717, 1.165) is 25.0 Å². The van der Waals surface area contributed by atoms with Crippen LogP contribution in [0.4, 0.5) is 24.5 Å². The van der Waals surface area contributed by atoms with Crippen molar-refractivity contribution in [3.05, 3.63) is 65.9 Å². The van der Waals surface area contributed by atoms with Crippen LogP contribution in [0.3, 0.4) is 0 Å². The van der Waals surface area contributed by atoms with Gasteiger partial charge in [0, 0.05) is 34.6 Å². The number of hydrogen-bond donors (Lipinski definition) is 3. The fraction of sp³-hybridized carbons (Fsp3) is 0.304. The van der Waals surface area contributed by atoms with E-state index in [1.807, 2.05) is 0 Å². The molecule has 0 spiro atoms. The summed E-state index contributed by atoms with van der Waals surface area (Å²) < 4.78 is 38.8. The van der Waals surface area contributed by atoms with E-state index >= 15 is 0 Å². The quantitative estimate of drug-likeness (QED) is 0.544. The molecule has 162 valence electrons. The maximum absolute atomic E-state index is 12.9. The first-order valence-corrected chi connectivity index (χ1v) is 10.1. The second kappa shape index (κ2) is 8.55. The number of amides is 1. The van der Waals surface area contributed by atoms with Crippen LogP contribution in [-0.2, 0) is 6.18 Å². The number of aliphatic hydroxyl groups excluding tert-OH is 1. The number of halogens is 3. The molecule has 1 aliphatic rings. The molecule has 0 atom stereocenters. The van der Waals surface area contributed by atoms with E-state index in [0.29, 0.717) is 35.2 Å². The Morgan fingerprint density at radius 2 is 1.71 bits per heavy atom. The zero-order valence-corrected chi connectivity index (χ0v) is 16.6. The minimum atomic E-state index is -4.42. The van der Waals surface area contributed by atoms with Gasteiger partial charge in [0.25, 0.3) is 5.91 Å². The number of hydrogen-bond acceptors (Lipinski definition) is 4. The molecule has 0 bridgehead atoms. The molecule has 4 rings (SSSR count). The van der Waals surface area contributed by atoms with Crippen LogP contribution < -0.4 is 10.6 Å². The van der Waals surface area contributed by atoms with Gasteiger partial charge < -0.3 is 15.7 Å². The lowest BCUT2D eigenvalue weighted by Crippen LogP contribution is -2.38. The minimum Gasteiger partial charge on any atom is -0.393 e. The normalized spacial score (nSPS) is 19.2. The number of carbonyl (C=O) groups is 1. The number of nitrogens with one attached hydrogen (secondary N) is 2. The third kappa shape index (κ3) is 4.96. The van der Waals surface area contributed by atoms with Crippen molar-refractivity contribution in [3.8, 4) is 0 Å². The third-order valence-corrected chi connectivity index (χ3v) is 5.53. The van der Waals surface area contributed by atoms with E-state index in [2.05, 4.69) is 15.6 Å². The standard InChI is InChI=1S/C23H22F3N3O2/c24-23(25,26)15-3-10-19-20(11-12-27-21(19)13-15)28-16-4-1-14(2-5-16)22(31)29-17-6-8-18(30)9-7-17/h1-5,10-13,17-18,30H,6-9H2,(H,27,28)(H,29,31). The van der Waals surface area contributed by atoms with Crippen molar-refractivity contribution in [2.45, 2.75) is 44.0 Å². The average molecular weight is 429 g/mol. The van der Waals surface area contributed by atoms with Crippen LogP contribution >= 0.6 is 0 Å². The number of anilines is 2. The molecule has 5 nitrogen and oxygen atoms in total. The maximum Gasteiger partial charge on any atom is 0.416 e. The summed E-state index contributed by atoms with van der Waals surface area (Å²) in [4.78, 5) is 16.5. The molecule has 0 saturated heterocycles. The largest absolute Gasteiger partial charge is 0.416 e. The predicted octanol–water partition coefficient (Wildman–Crippen LogP) is 5.03. The number of nitrogens with zero attached hydrogens (tertiary/aromatic N) is 1. The van der Waals surface area contributed by atoms with Crippen molar-refractivity contribution in [1.29, 1.82) is 0 Å². The van der Waals surface area contributed by atoms with Crippen LogP contribution in [0.1, 0.15) is 41.6 Å². The van der Waals surface area contributed by atoms with Gasteiger partial charge in [0.15, 0.2) is 0 Å². The highest BCUT2D eigenvalue weighted by atomic mass is 19.4. The van der Waals surface area contributed by atoms with E-state index in [1.165, 1.54) is 12.3 Å². The van der Waals surface area contributed by atoms with E-state index in [9.17, 15) is 23.1 Å². The molecule has 8 heteroatoms. The van der Waals surface area contributed by atoms with E-state index in [1.54, 1.807) is 30.3 Å². The van der Waals surface area contributed by atoms with Crippen LogP contribution in [-0.4, -0.2) is 28.1 Å². The Balaban J connectivity index is 1.46. The fourth-order valence-electron chi connectivity index (χ4n) is 3.78. The first-order chi connectivity index (χ1) is 14.8. The van der Waals surface area contributed by atoms with Gasteiger partial charge in [-0.25, -0.2) is 0 Å². The molecule has 0 aliphatic heterocycles. The summed E-state index contributed by atoms with van der Waals surface area (Å²) in [5, 5.41) is 16.3. The van der Waals surface area contributed by atoms with Crippen molar-refractivity contribution < 1.29 is 23.1 Å². The van der Waals surface area contributed by atoms with Gasteiger partial charge in [0.05, 0.1) is 17.2 Å². The monoisotopic (exact) mass is 429 g/mol. The average Bonchev–Trinajstić information content (AvgIpc) is 2.75. The van der Waals surface area contributed by atoms with Gasteiger partial charge in [0.1, 0.15) is 0 Å². The first kappa shape index (κ1) is 21.1. The number of carbonyl (C=O) groups excluding carboxylic acids is 1. The Labute approximate surface area is 177 Å². The highest BCUT2D eigenvalue weighted by Gasteiger charge is 2.30. The number of aliphatic hydroxyl groups is 1. The molecule has 1 heterocycles. The smallest absolute Gasteiger partial charge is 0.393 e. The van der Waals surface area contributed by atoms with E-state index < -0.39 is 11.7 Å². The Bertz CT molecular complexity index is 1080. The number of aromatic nitrogens is 1. The summed E-state index contributed by atoms with van der Waals surface area (Å²) in [7, 11) is 0. The van der Waals surface area contributed by atoms with Gasteiger partial charge >= 0.3 is 6.18 Å². The Hall–Kier alpha value is -3.13. The van der Waals surface area contributed by atoms with E-state index in [-0.39, 0.29) is 23.6 Å². The number of benzene rings is 2. The van der Waals surface area contributed by atoms with Crippen LogP contribution in [0.25, 0.3) is 10.9 Å². The van der Waals surface area contributed by atoms with Crippen molar-refractivity contribution in [1.82, 2.24) is 10.3 Å². The van der Waals surface area contributed by atoms with Crippen LogP contribution in [0, 0.1) is 0 Å². The Kier molecular flexibility index (Phi) is 5.82. The number of pyridine rings is 1. The van der Waals surface area contributed by atoms with Gasteiger partial charge in [-0.05, 0) is 68.1 Å². The van der Waals surface area contributed by atoms with Gasteiger partial charge in [-0.15, -0.1) is 0 Å². The molecule has 0 radical (unpaired) electrons. The zero-order chi connectivity index (χ0) is 22.0. The molecule has 3 N–H and O–H groups in total. The Morgan fingerprint density at radius 1 is 1.00 bits per heavy atom. The summed E-state index contributed by atoms with van der Waals surface area (Å²) in [6.45, 7) is 0. The summed E-state index contributed by atoms with van der Waals surface area (Å²) >= 11 is 0. The Morgan fingerprint density at radius 3 is 2.39 bits per heavy atom. The molecule has 31 heavy (non-hydrogen) atoms. The topological polar surface area (TPSA) is 74.2 Å². The van der Waals surface area contributed by atoms with Crippen molar-refractivity contribution in [2.75, 3.05) is 5.32 Å². The molecule has 0 unspecified atom stereocenters. The lowest BCUT2D eigenvalue weighted by atomic mass is 9.93. The number of alkyl halides is 3. The molecule has 1 aliphatic carbocycles. The number of fused-ring (bicyclic) bond motifs is 1. The van der Waals surface area contributed by atoms with Gasteiger partial charge in [0.2, 0.25) is 0 Å². The molecule has 1 saturated carbocycles. The second-order valence-electron chi connectivity index (χ2n) is 7.77. The van der Waals surface area contributed by atoms with Gasteiger partial charge in [-0.1, -0.05) is 6.07 Å².